The topological polar surface area (TPSA) is 35.6 Å². The van der Waals surface area contributed by atoms with Crippen LogP contribution in [0.3, 0.4) is 0 Å². The maximum absolute atomic E-state index is 4.91. The molecule has 7 aromatic carbocycles. The second kappa shape index (κ2) is 12.5. The SMILES string of the molecule is C1=CC2SC(c3ccc(-c4ccc5c6ccccc6n(-c6ccccc6)c5c4)c4nsnc34)=CC2C=C1c1ccc2c3ccccc3n(-c3ccccc3)c2c1. The third-order valence-electron chi connectivity index (χ3n) is 11.5. The molecule has 0 spiro atoms. The van der Waals surface area contributed by atoms with Crippen LogP contribution in [-0.4, -0.2) is 23.1 Å². The van der Waals surface area contributed by atoms with Crippen molar-refractivity contribution >= 4 is 88.6 Å². The second-order valence-corrected chi connectivity index (χ2v) is 16.4. The molecule has 4 nitrogen and oxygen atoms in total. The number of allylic oxidation sites excluding steroid dienone is 4. The monoisotopic (exact) mass is 752 g/mol. The van der Waals surface area contributed by atoms with Crippen LogP contribution in [0.15, 0.2) is 182 Å². The summed E-state index contributed by atoms with van der Waals surface area (Å²) in [7, 11) is 0. The molecule has 4 heterocycles. The normalized spacial score (nSPS) is 16.6. The Morgan fingerprint density at radius 1 is 0.464 bits per heavy atom. The number of aromatic nitrogens is 4. The molecule has 0 saturated heterocycles. The Hall–Kier alpha value is -6.47. The highest BCUT2D eigenvalue weighted by Crippen LogP contribution is 2.49. The van der Waals surface area contributed by atoms with Crippen molar-refractivity contribution in [2.45, 2.75) is 5.25 Å². The number of fused-ring (bicyclic) bond motifs is 8. The molecule has 0 amide bonds. The lowest BCUT2D eigenvalue weighted by Gasteiger charge is -2.18. The fourth-order valence-electron chi connectivity index (χ4n) is 8.95. The summed E-state index contributed by atoms with van der Waals surface area (Å²) in [5.74, 6) is 0.286. The summed E-state index contributed by atoms with van der Waals surface area (Å²) in [6.45, 7) is 0. The van der Waals surface area contributed by atoms with Crippen LogP contribution in [0.5, 0.6) is 0 Å². The van der Waals surface area contributed by atoms with Gasteiger partial charge in [0.05, 0.1) is 33.8 Å². The molecule has 2 aliphatic rings. The number of para-hydroxylation sites is 4. The minimum absolute atomic E-state index is 0.286. The minimum atomic E-state index is 0.286. The summed E-state index contributed by atoms with van der Waals surface area (Å²) >= 11 is 3.23. The number of rotatable bonds is 5. The summed E-state index contributed by atoms with van der Waals surface area (Å²) in [6.07, 6.45) is 9.59. The molecule has 0 fully saturated rings. The number of hydrogen-bond acceptors (Lipinski definition) is 4. The van der Waals surface area contributed by atoms with E-state index in [2.05, 4.69) is 191 Å². The van der Waals surface area contributed by atoms with Crippen molar-refractivity contribution in [1.29, 1.82) is 0 Å². The molecule has 0 N–H and O–H groups in total. The van der Waals surface area contributed by atoms with E-state index in [0.29, 0.717) is 5.25 Å². The first-order chi connectivity index (χ1) is 27.8. The average Bonchev–Trinajstić information content (AvgIpc) is 4.06. The third-order valence-corrected chi connectivity index (χ3v) is 13.4. The number of benzene rings is 7. The van der Waals surface area contributed by atoms with Gasteiger partial charge in [-0.25, -0.2) is 0 Å². The molecule has 0 saturated carbocycles. The van der Waals surface area contributed by atoms with Gasteiger partial charge in [0.2, 0.25) is 0 Å². The van der Waals surface area contributed by atoms with E-state index in [0.717, 1.165) is 33.4 Å². The van der Waals surface area contributed by atoms with Crippen LogP contribution >= 0.6 is 23.5 Å². The fourth-order valence-corrected chi connectivity index (χ4v) is 10.8. The summed E-state index contributed by atoms with van der Waals surface area (Å²) in [5, 5.41) is 5.38. The van der Waals surface area contributed by atoms with E-state index in [-0.39, 0.29) is 5.92 Å². The lowest BCUT2D eigenvalue weighted by molar-refractivity contribution is 0.861. The van der Waals surface area contributed by atoms with Gasteiger partial charge in [0.25, 0.3) is 0 Å². The van der Waals surface area contributed by atoms with Gasteiger partial charge >= 0.3 is 0 Å². The van der Waals surface area contributed by atoms with Gasteiger partial charge < -0.3 is 9.13 Å². The summed E-state index contributed by atoms with van der Waals surface area (Å²) in [4.78, 5) is 1.27. The quantitative estimate of drug-likeness (QED) is 0.176. The van der Waals surface area contributed by atoms with E-state index >= 15 is 0 Å². The Bertz CT molecular complexity index is 3290. The van der Waals surface area contributed by atoms with Gasteiger partial charge in [-0.3, -0.25) is 0 Å². The lowest BCUT2D eigenvalue weighted by Crippen LogP contribution is -2.09. The summed E-state index contributed by atoms with van der Waals surface area (Å²) < 4.78 is 14.6. The van der Waals surface area contributed by atoms with Crippen molar-refractivity contribution in [2.75, 3.05) is 0 Å². The van der Waals surface area contributed by atoms with Gasteiger partial charge in [0.1, 0.15) is 11.0 Å². The number of nitrogens with zero attached hydrogens (tertiary/aromatic N) is 4. The molecule has 1 aliphatic heterocycles. The molecule has 10 aromatic rings. The van der Waals surface area contributed by atoms with Crippen LogP contribution < -0.4 is 0 Å². The molecule has 12 rings (SSSR count). The standard InChI is InChI=1S/C50H32N4S2/c1-3-11-35(12-4-1)53-43-17-9-7-15-38(43)40-22-19-32(28-45(40)53)31-21-26-47-34(27-31)30-48(55-47)42-25-24-37(49-50(42)52-56-51-49)33-20-23-41-39-16-8-10-18-44(39)54(46(41)29-33)36-13-5-2-6-14-36/h1-30,34,47H. The Morgan fingerprint density at radius 2 is 1.00 bits per heavy atom. The highest BCUT2D eigenvalue weighted by Gasteiger charge is 2.30. The molecule has 56 heavy (non-hydrogen) atoms. The smallest absolute Gasteiger partial charge is 0.113 e. The fraction of sp³-hybridized carbons (Fsp3) is 0.0400. The van der Waals surface area contributed by atoms with Crippen molar-refractivity contribution in [3.05, 3.63) is 193 Å². The van der Waals surface area contributed by atoms with Crippen LogP contribution in [0, 0.1) is 5.92 Å². The molecule has 0 bridgehead atoms. The van der Waals surface area contributed by atoms with Crippen LogP contribution in [0.25, 0.3) is 87.6 Å². The van der Waals surface area contributed by atoms with Crippen LogP contribution in [0.4, 0.5) is 0 Å². The van der Waals surface area contributed by atoms with Crippen LogP contribution in [0.1, 0.15) is 11.1 Å². The van der Waals surface area contributed by atoms with Crippen LogP contribution in [-0.2, 0) is 0 Å². The Labute approximate surface area is 331 Å². The summed E-state index contributed by atoms with van der Waals surface area (Å²) in [5.41, 5.74) is 15.0. The van der Waals surface area contributed by atoms with E-state index in [1.807, 2.05) is 11.8 Å². The van der Waals surface area contributed by atoms with Gasteiger partial charge in [0, 0.05) is 60.1 Å². The van der Waals surface area contributed by atoms with E-state index in [1.165, 1.54) is 77.1 Å². The van der Waals surface area contributed by atoms with Crippen molar-refractivity contribution in [3.63, 3.8) is 0 Å². The van der Waals surface area contributed by atoms with Gasteiger partial charge in [-0.2, -0.15) is 8.75 Å². The molecule has 2 unspecified atom stereocenters. The van der Waals surface area contributed by atoms with Crippen molar-refractivity contribution in [2.24, 2.45) is 5.92 Å². The first kappa shape index (κ1) is 31.8. The zero-order chi connectivity index (χ0) is 36.7. The molecular weight excluding hydrogens is 721 g/mol. The molecule has 264 valence electrons. The predicted molar refractivity (Wildman–Crippen MR) is 238 cm³/mol. The summed E-state index contributed by atoms with van der Waals surface area (Å²) in [6, 6.07) is 57.0. The van der Waals surface area contributed by atoms with Crippen LogP contribution in [0.2, 0.25) is 0 Å². The molecule has 3 aromatic heterocycles. The molecule has 0 radical (unpaired) electrons. The van der Waals surface area contributed by atoms with Crippen molar-refractivity contribution in [1.82, 2.24) is 17.9 Å². The highest BCUT2D eigenvalue weighted by molar-refractivity contribution is 8.09. The van der Waals surface area contributed by atoms with Gasteiger partial charge in [-0.15, -0.1) is 11.8 Å². The van der Waals surface area contributed by atoms with Gasteiger partial charge in [-0.05, 0) is 65.2 Å². The predicted octanol–water partition coefficient (Wildman–Crippen LogP) is 13.3. The first-order valence-corrected chi connectivity index (χ1v) is 20.6. The molecule has 2 atom stereocenters. The largest absolute Gasteiger partial charge is 0.309 e. The average molecular weight is 753 g/mol. The first-order valence-electron chi connectivity index (χ1n) is 19.0. The van der Waals surface area contributed by atoms with E-state index in [9.17, 15) is 0 Å². The number of thioether (sulfide) groups is 1. The third kappa shape index (κ3) is 4.86. The Morgan fingerprint density at radius 3 is 1.66 bits per heavy atom. The van der Waals surface area contributed by atoms with Crippen molar-refractivity contribution in [3.8, 4) is 22.5 Å². The maximum Gasteiger partial charge on any atom is 0.113 e. The van der Waals surface area contributed by atoms with Gasteiger partial charge in [-0.1, -0.05) is 133 Å². The Kier molecular flexibility index (Phi) is 7.13. The van der Waals surface area contributed by atoms with E-state index in [4.69, 9.17) is 8.75 Å². The number of hydrogen-bond donors (Lipinski definition) is 0. The van der Waals surface area contributed by atoms with E-state index in [1.54, 1.807) is 0 Å². The second-order valence-electron chi connectivity index (χ2n) is 14.6. The van der Waals surface area contributed by atoms with Crippen molar-refractivity contribution < 1.29 is 0 Å². The minimum Gasteiger partial charge on any atom is -0.309 e. The molecule has 6 heteroatoms. The zero-order valence-corrected chi connectivity index (χ0v) is 31.7. The molecular formula is C50H32N4S2. The zero-order valence-electron chi connectivity index (χ0n) is 30.1. The van der Waals surface area contributed by atoms with E-state index < -0.39 is 0 Å². The Balaban J connectivity index is 0.917. The maximum atomic E-state index is 4.91. The highest BCUT2D eigenvalue weighted by atomic mass is 32.2. The molecule has 1 aliphatic carbocycles. The van der Waals surface area contributed by atoms with Gasteiger partial charge in [0.15, 0.2) is 0 Å². The lowest BCUT2D eigenvalue weighted by atomic mass is 9.91.